The van der Waals surface area contributed by atoms with Gasteiger partial charge in [0.2, 0.25) is 10.1 Å². The normalized spacial score (nSPS) is 18.3. The molecule has 1 aromatic carbocycles. The minimum atomic E-state index is -0.205. The highest BCUT2D eigenvalue weighted by molar-refractivity contribution is 7.20. The van der Waals surface area contributed by atoms with E-state index in [4.69, 9.17) is 16.3 Å². The molecule has 4 rings (SSSR count). The van der Waals surface area contributed by atoms with Crippen molar-refractivity contribution in [2.45, 2.75) is 18.9 Å². The second-order valence-electron chi connectivity index (χ2n) is 5.20. The van der Waals surface area contributed by atoms with Crippen molar-refractivity contribution in [2.24, 2.45) is 0 Å². The number of hydrogen-bond acceptors (Lipinski definition) is 6. The van der Waals surface area contributed by atoms with Crippen LogP contribution in [0.4, 0.5) is 5.13 Å². The van der Waals surface area contributed by atoms with Gasteiger partial charge in [0, 0.05) is 18.2 Å². The topological polar surface area (TPSA) is 68.5 Å². The number of halogens is 1. The first kappa shape index (κ1) is 13.9. The standard InChI is InChI=1S/C14H13ClN4O2S/c15-8-3-4-11-10(6-8)12(20)19-14(17-11)22-13(18-19)16-7-9-2-1-5-21-9/h3-4,6,9H,1-2,5,7H2,(H,16,18)/t9-/m0/s1. The lowest BCUT2D eigenvalue weighted by molar-refractivity contribution is 0.120. The molecule has 0 aliphatic carbocycles. The maximum atomic E-state index is 12.5. The summed E-state index contributed by atoms with van der Waals surface area (Å²) < 4.78 is 6.88. The summed E-state index contributed by atoms with van der Waals surface area (Å²) in [6.07, 6.45) is 2.37. The molecule has 22 heavy (non-hydrogen) atoms. The molecule has 114 valence electrons. The highest BCUT2D eigenvalue weighted by atomic mass is 35.5. The van der Waals surface area contributed by atoms with Gasteiger partial charge in [-0.15, -0.1) is 5.10 Å². The van der Waals surface area contributed by atoms with Crippen LogP contribution in [0.3, 0.4) is 0 Å². The van der Waals surface area contributed by atoms with Gasteiger partial charge < -0.3 is 10.1 Å². The van der Waals surface area contributed by atoms with E-state index in [0.717, 1.165) is 19.4 Å². The van der Waals surface area contributed by atoms with E-state index in [0.29, 0.717) is 32.6 Å². The van der Waals surface area contributed by atoms with E-state index < -0.39 is 0 Å². The summed E-state index contributed by atoms with van der Waals surface area (Å²) in [7, 11) is 0. The van der Waals surface area contributed by atoms with Gasteiger partial charge in [-0.2, -0.15) is 4.52 Å². The van der Waals surface area contributed by atoms with Crippen LogP contribution in [-0.4, -0.2) is 33.9 Å². The van der Waals surface area contributed by atoms with E-state index in [1.165, 1.54) is 15.9 Å². The summed E-state index contributed by atoms with van der Waals surface area (Å²) in [4.78, 5) is 17.5. The smallest absolute Gasteiger partial charge is 0.283 e. The number of hydrogen-bond donors (Lipinski definition) is 1. The van der Waals surface area contributed by atoms with E-state index in [9.17, 15) is 4.79 Å². The van der Waals surface area contributed by atoms with E-state index in [1.807, 2.05) is 0 Å². The van der Waals surface area contributed by atoms with Gasteiger partial charge in [0.25, 0.3) is 5.56 Å². The fourth-order valence-corrected chi connectivity index (χ4v) is 3.54. The van der Waals surface area contributed by atoms with Gasteiger partial charge in [-0.25, -0.2) is 4.98 Å². The van der Waals surface area contributed by atoms with Crippen LogP contribution in [0.15, 0.2) is 23.0 Å². The fourth-order valence-electron chi connectivity index (χ4n) is 2.56. The van der Waals surface area contributed by atoms with Gasteiger partial charge in [-0.3, -0.25) is 4.79 Å². The van der Waals surface area contributed by atoms with Gasteiger partial charge >= 0.3 is 0 Å². The molecule has 2 aromatic heterocycles. The molecule has 1 aliphatic rings. The Bertz CT molecular complexity index is 901. The van der Waals surface area contributed by atoms with Crippen molar-refractivity contribution in [1.29, 1.82) is 0 Å². The van der Waals surface area contributed by atoms with Crippen LogP contribution in [0.5, 0.6) is 0 Å². The third-order valence-corrected chi connectivity index (χ3v) is 4.76. The first-order valence-corrected chi connectivity index (χ1v) is 8.25. The molecule has 3 aromatic rings. The number of aromatic nitrogens is 3. The lowest BCUT2D eigenvalue weighted by Crippen LogP contribution is -2.19. The zero-order valence-electron chi connectivity index (χ0n) is 11.6. The second kappa shape index (κ2) is 5.49. The molecular weight excluding hydrogens is 324 g/mol. The molecule has 0 unspecified atom stereocenters. The zero-order valence-corrected chi connectivity index (χ0v) is 13.2. The molecule has 1 fully saturated rings. The van der Waals surface area contributed by atoms with E-state index in [2.05, 4.69) is 15.4 Å². The van der Waals surface area contributed by atoms with Gasteiger partial charge in [0.15, 0.2) is 0 Å². The average Bonchev–Trinajstić information content (AvgIpc) is 3.15. The van der Waals surface area contributed by atoms with Crippen LogP contribution in [0, 0.1) is 0 Å². The Morgan fingerprint density at radius 1 is 1.50 bits per heavy atom. The molecule has 0 amide bonds. The van der Waals surface area contributed by atoms with Gasteiger partial charge in [-0.05, 0) is 31.0 Å². The van der Waals surface area contributed by atoms with Crippen LogP contribution in [0.2, 0.25) is 5.02 Å². The molecule has 0 radical (unpaired) electrons. The minimum absolute atomic E-state index is 0.205. The van der Waals surface area contributed by atoms with Crippen LogP contribution in [-0.2, 0) is 4.74 Å². The Balaban J connectivity index is 1.71. The summed E-state index contributed by atoms with van der Waals surface area (Å²) in [6, 6.07) is 5.10. The first-order chi connectivity index (χ1) is 10.7. The fraction of sp³-hybridized carbons (Fsp3) is 0.357. The summed E-state index contributed by atoms with van der Waals surface area (Å²) in [5.41, 5.74) is 0.424. The quantitative estimate of drug-likeness (QED) is 0.796. The van der Waals surface area contributed by atoms with Crippen molar-refractivity contribution in [2.75, 3.05) is 18.5 Å². The van der Waals surface area contributed by atoms with Crippen LogP contribution >= 0.6 is 22.9 Å². The Labute approximate surface area is 134 Å². The molecular formula is C14H13ClN4O2S. The van der Waals surface area contributed by atoms with Crippen molar-refractivity contribution < 1.29 is 4.74 Å². The van der Waals surface area contributed by atoms with E-state index in [1.54, 1.807) is 18.2 Å². The largest absolute Gasteiger partial charge is 0.376 e. The summed E-state index contributed by atoms with van der Waals surface area (Å²) in [5, 5.41) is 9.18. The molecule has 1 saturated heterocycles. The molecule has 1 atom stereocenters. The maximum absolute atomic E-state index is 12.5. The lowest BCUT2D eigenvalue weighted by Gasteiger charge is -2.08. The Morgan fingerprint density at radius 3 is 3.23 bits per heavy atom. The van der Waals surface area contributed by atoms with Crippen LogP contribution in [0.25, 0.3) is 15.9 Å². The summed E-state index contributed by atoms with van der Waals surface area (Å²) in [5.74, 6) is 0. The Morgan fingerprint density at radius 2 is 2.41 bits per heavy atom. The number of ether oxygens (including phenoxy) is 1. The third-order valence-electron chi connectivity index (χ3n) is 3.66. The van der Waals surface area contributed by atoms with Crippen LogP contribution in [0.1, 0.15) is 12.8 Å². The monoisotopic (exact) mass is 336 g/mol. The Hall–Kier alpha value is -1.70. The lowest BCUT2D eigenvalue weighted by atomic mass is 10.2. The molecule has 1 aliphatic heterocycles. The minimum Gasteiger partial charge on any atom is -0.376 e. The molecule has 0 spiro atoms. The number of anilines is 1. The molecule has 1 N–H and O–H groups in total. The number of benzene rings is 1. The number of nitrogens with zero attached hydrogens (tertiary/aromatic N) is 3. The van der Waals surface area contributed by atoms with Crippen molar-refractivity contribution in [3.8, 4) is 0 Å². The van der Waals surface area contributed by atoms with Crippen LogP contribution < -0.4 is 10.9 Å². The van der Waals surface area contributed by atoms with Crippen molar-refractivity contribution in [1.82, 2.24) is 14.6 Å². The van der Waals surface area contributed by atoms with Gasteiger partial charge in [0.1, 0.15) is 0 Å². The van der Waals surface area contributed by atoms with Gasteiger partial charge in [0.05, 0.1) is 17.0 Å². The first-order valence-electron chi connectivity index (χ1n) is 7.05. The van der Waals surface area contributed by atoms with E-state index >= 15 is 0 Å². The number of rotatable bonds is 3. The summed E-state index contributed by atoms with van der Waals surface area (Å²) in [6.45, 7) is 1.51. The van der Waals surface area contributed by atoms with Crippen molar-refractivity contribution >= 4 is 43.9 Å². The predicted molar refractivity (Wildman–Crippen MR) is 87.1 cm³/mol. The molecule has 8 heteroatoms. The highest BCUT2D eigenvalue weighted by Crippen LogP contribution is 2.21. The predicted octanol–water partition coefficient (Wildman–Crippen LogP) is 2.55. The summed E-state index contributed by atoms with van der Waals surface area (Å²) >= 11 is 7.30. The highest BCUT2D eigenvalue weighted by Gasteiger charge is 2.16. The third kappa shape index (κ3) is 2.45. The zero-order chi connectivity index (χ0) is 15.1. The molecule has 6 nitrogen and oxygen atoms in total. The number of fused-ring (bicyclic) bond motifs is 2. The van der Waals surface area contributed by atoms with Crippen molar-refractivity contribution in [3.63, 3.8) is 0 Å². The number of nitrogens with one attached hydrogen (secondary N) is 1. The Kier molecular flexibility index (Phi) is 3.48. The van der Waals surface area contributed by atoms with E-state index in [-0.39, 0.29) is 11.7 Å². The maximum Gasteiger partial charge on any atom is 0.283 e. The SMILES string of the molecule is O=c1c2cc(Cl)ccc2nc2sc(NC[C@@H]3CCCO3)nn12. The van der Waals surface area contributed by atoms with Crippen molar-refractivity contribution in [3.05, 3.63) is 33.6 Å². The average molecular weight is 337 g/mol. The molecule has 0 saturated carbocycles. The molecule has 3 heterocycles. The second-order valence-corrected chi connectivity index (χ2v) is 6.59. The molecule has 0 bridgehead atoms. The van der Waals surface area contributed by atoms with Gasteiger partial charge in [-0.1, -0.05) is 22.9 Å².